The van der Waals surface area contributed by atoms with E-state index in [2.05, 4.69) is 5.32 Å². The Kier molecular flexibility index (Phi) is 10.8. The van der Waals surface area contributed by atoms with Crippen LogP contribution in [0.4, 0.5) is 5.69 Å². The third-order valence-corrected chi connectivity index (χ3v) is 10.7. The molecule has 0 spiro atoms. The van der Waals surface area contributed by atoms with Gasteiger partial charge in [0.25, 0.3) is 10.0 Å². The Morgan fingerprint density at radius 3 is 2.26 bits per heavy atom. The second-order valence-corrected chi connectivity index (χ2v) is 13.9. The van der Waals surface area contributed by atoms with E-state index in [1.165, 1.54) is 4.90 Å². The van der Waals surface area contributed by atoms with Gasteiger partial charge in [0.15, 0.2) is 0 Å². The maximum absolute atomic E-state index is 14.3. The molecule has 0 radical (unpaired) electrons. The highest BCUT2D eigenvalue weighted by Crippen LogP contribution is 2.30. The standard InChI is InChI=1S/C33H39Cl2N3O4S/c1-5-30(33(40)36-26-10-6-7-11-26)37(20-25-15-18-28(34)29(35)19-25)32(39)21-38(31-12-8-9-23(3)24(31)4)43(41,42)27-16-13-22(2)14-17-27/h8-9,12-19,26,30H,5-7,10-11,20-21H2,1-4H3,(H,36,40). The highest BCUT2D eigenvalue weighted by atomic mass is 35.5. The summed E-state index contributed by atoms with van der Waals surface area (Å²) in [5, 5.41) is 3.82. The van der Waals surface area contributed by atoms with E-state index in [-0.39, 0.29) is 23.4 Å². The first-order valence-corrected chi connectivity index (χ1v) is 16.8. The number of aryl methyl sites for hydroxylation is 2. The first-order valence-electron chi connectivity index (χ1n) is 14.6. The topological polar surface area (TPSA) is 86.8 Å². The lowest BCUT2D eigenvalue weighted by atomic mass is 10.1. The number of carbonyl (C=O) groups excluding carboxylic acids is 2. The van der Waals surface area contributed by atoms with Crippen molar-refractivity contribution < 1.29 is 18.0 Å². The lowest BCUT2D eigenvalue weighted by Crippen LogP contribution is -2.53. The maximum atomic E-state index is 14.3. The van der Waals surface area contributed by atoms with E-state index in [1.54, 1.807) is 54.6 Å². The van der Waals surface area contributed by atoms with Crippen LogP contribution in [0, 0.1) is 20.8 Å². The number of halogens is 2. The Hall–Kier alpha value is -3.07. The monoisotopic (exact) mass is 643 g/mol. The molecule has 1 aliphatic carbocycles. The molecular formula is C33H39Cl2N3O4S. The summed E-state index contributed by atoms with van der Waals surface area (Å²) in [5.74, 6) is -0.751. The van der Waals surface area contributed by atoms with Crippen molar-refractivity contribution in [1.82, 2.24) is 10.2 Å². The van der Waals surface area contributed by atoms with Gasteiger partial charge in [-0.2, -0.15) is 0 Å². The van der Waals surface area contributed by atoms with E-state index in [9.17, 15) is 18.0 Å². The average molecular weight is 645 g/mol. The molecule has 1 unspecified atom stereocenters. The lowest BCUT2D eigenvalue weighted by Gasteiger charge is -2.34. The SMILES string of the molecule is CCC(C(=O)NC1CCCC1)N(Cc1ccc(Cl)c(Cl)c1)C(=O)CN(c1cccc(C)c1C)S(=O)(=O)c1ccc(C)cc1. The van der Waals surface area contributed by atoms with E-state index < -0.39 is 28.5 Å². The highest BCUT2D eigenvalue weighted by Gasteiger charge is 2.35. The normalized spacial score (nSPS) is 14.4. The Morgan fingerprint density at radius 1 is 0.953 bits per heavy atom. The number of nitrogens with zero attached hydrogens (tertiary/aromatic N) is 2. The van der Waals surface area contributed by atoms with Gasteiger partial charge in [0.1, 0.15) is 12.6 Å². The van der Waals surface area contributed by atoms with Crippen LogP contribution in [0.2, 0.25) is 10.0 Å². The molecule has 7 nitrogen and oxygen atoms in total. The Balaban J connectivity index is 1.76. The van der Waals surface area contributed by atoms with Crippen molar-refractivity contribution in [2.24, 2.45) is 0 Å². The zero-order valence-corrected chi connectivity index (χ0v) is 27.4. The fourth-order valence-electron chi connectivity index (χ4n) is 5.48. The molecule has 43 heavy (non-hydrogen) atoms. The molecule has 1 saturated carbocycles. The number of hydrogen-bond donors (Lipinski definition) is 1. The van der Waals surface area contributed by atoms with Crippen LogP contribution < -0.4 is 9.62 Å². The van der Waals surface area contributed by atoms with E-state index in [1.807, 2.05) is 33.8 Å². The summed E-state index contributed by atoms with van der Waals surface area (Å²) in [6.45, 7) is 7.02. The highest BCUT2D eigenvalue weighted by molar-refractivity contribution is 7.92. The predicted molar refractivity (Wildman–Crippen MR) is 173 cm³/mol. The Morgan fingerprint density at radius 2 is 1.63 bits per heavy atom. The molecule has 0 aliphatic heterocycles. The van der Waals surface area contributed by atoms with Gasteiger partial charge in [-0.3, -0.25) is 13.9 Å². The van der Waals surface area contributed by atoms with Crippen molar-refractivity contribution >= 4 is 50.7 Å². The Labute approximate surface area is 265 Å². The minimum Gasteiger partial charge on any atom is -0.352 e. The summed E-state index contributed by atoms with van der Waals surface area (Å²) < 4.78 is 29.5. The number of amides is 2. The van der Waals surface area contributed by atoms with Gasteiger partial charge in [-0.1, -0.05) is 78.9 Å². The first kappa shape index (κ1) is 32.8. The number of carbonyl (C=O) groups is 2. The second kappa shape index (κ2) is 14.1. The largest absolute Gasteiger partial charge is 0.352 e. The van der Waals surface area contributed by atoms with Crippen LogP contribution in [-0.4, -0.2) is 43.8 Å². The molecule has 4 rings (SSSR count). The van der Waals surface area contributed by atoms with Crippen molar-refractivity contribution in [1.29, 1.82) is 0 Å². The van der Waals surface area contributed by atoms with Gasteiger partial charge in [0, 0.05) is 12.6 Å². The van der Waals surface area contributed by atoms with Gasteiger partial charge < -0.3 is 10.2 Å². The molecule has 3 aromatic rings. The van der Waals surface area contributed by atoms with E-state index >= 15 is 0 Å². The third-order valence-electron chi connectivity index (χ3n) is 8.16. The quantitative estimate of drug-likeness (QED) is 0.244. The fourth-order valence-corrected chi connectivity index (χ4v) is 7.27. The van der Waals surface area contributed by atoms with Gasteiger partial charge in [-0.05, 0) is 87.1 Å². The van der Waals surface area contributed by atoms with Crippen LogP contribution in [0.3, 0.4) is 0 Å². The van der Waals surface area contributed by atoms with Crippen LogP contribution >= 0.6 is 23.2 Å². The van der Waals surface area contributed by atoms with Crippen molar-refractivity contribution in [2.75, 3.05) is 10.8 Å². The van der Waals surface area contributed by atoms with Gasteiger partial charge in [0.2, 0.25) is 11.8 Å². The van der Waals surface area contributed by atoms with Crippen LogP contribution in [0.25, 0.3) is 0 Å². The Bertz CT molecular complexity index is 1570. The lowest BCUT2D eigenvalue weighted by molar-refractivity contribution is -0.140. The first-order chi connectivity index (χ1) is 20.4. The van der Waals surface area contributed by atoms with Crippen LogP contribution in [0.5, 0.6) is 0 Å². The van der Waals surface area contributed by atoms with Crippen molar-refractivity contribution in [3.05, 3.63) is 93.0 Å². The van der Waals surface area contributed by atoms with Crippen molar-refractivity contribution in [3.8, 4) is 0 Å². The summed E-state index contributed by atoms with van der Waals surface area (Å²) in [7, 11) is -4.15. The molecule has 3 aromatic carbocycles. The second-order valence-electron chi connectivity index (χ2n) is 11.2. The summed E-state index contributed by atoms with van der Waals surface area (Å²) in [6.07, 6.45) is 4.25. The molecule has 0 aromatic heterocycles. The molecule has 0 heterocycles. The molecule has 1 atom stereocenters. The number of sulfonamides is 1. The fraction of sp³-hybridized carbons (Fsp3) is 0.394. The number of anilines is 1. The molecule has 230 valence electrons. The summed E-state index contributed by atoms with van der Waals surface area (Å²) in [4.78, 5) is 29.5. The van der Waals surface area contributed by atoms with E-state index in [0.717, 1.165) is 46.7 Å². The number of benzene rings is 3. The van der Waals surface area contributed by atoms with E-state index in [0.29, 0.717) is 27.7 Å². The van der Waals surface area contributed by atoms with Gasteiger partial charge >= 0.3 is 0 Å². The number of nitrogens with one attached hydrogen (secondary N) is 1. The van der Waals surface area contributed by atoms with E-state index in [4.69, 9.17) is 23.2 Å². The van der Waals surface area contributed by atoms with Crippen LogP contribution in [0.15, 0.2) is 65.6 Å². The molecular weight excluding hydrogens is 605 g/mol. The van der Waals surface area contributed by atoms with Crippen molar-refractivity contribution in [3.63, 3.8) is 0 Å². The third kappa shape index (κ3) is 7.72. The average Bonchev–Trinajstić information content (AvgIpc) is 3.48. The molecule has 0 bridgehead atoms. The number of hydrogen-bond acceptors (Lipinski definition) is 4. The summed E-state index contributed by atoms with van der Waals surface area (Å²) in [6, 6.07) is 16.2. The molecule has 2 amide bonds. The smallest absolute Gasteiger partial charge is 0.264 e. The molecule has 0 saturated heterocycles. The minimum atomic E-state index is -4.15. The van der Waals surface area contributed by atoms with Crippen LogP contribution in [-0.2, 0) is 26.2 Å². The zero-order valence-electron chi connectivity index (χ0n) is 25.1. The number of rotatable bonds is 11. The maximum Gasteiger partial charge on any atom is 0.264 e. The predicted octanol–water partition coefficient (Wildman–Crippen LogP) is 6.98. The van der Waals surface area contributed by atoms with Gasteiger partial charge in [0.05, 0.1) is 20.6 Å². The molecule has 1 aliphatic rings. The van der Waals surface area contributed by atoms with Crippen LogP contribution in [0.1, 0.15) is 61.3 Å². The minimum absolute atomic E-state index is 0.0531. The summed E-state index contributed by atoms with van der Waals surface area (Å²) >= 11 is 12.4. The van der Waals surface area contributed by atoms with Gasteiger partial charge in [-0.15, -0.1) is 0 Å². The van der Waals surface area contributed by atoms with Gasteiger partial charge in [-0.25, -0.2) is 8.42 Å². The molecule has 1 fully saturated rings. The zero-order chi connectivity index (χ0) is 31.3. The van der Waals surface area contributed by atoms with Crippen molar-refractivity contribution in [2.45, 2.75) is 83.3 Å². The molecule has 10 heteroatoms. The summed E-state index contributed by atoms with van der Waals surface area (Å²) in [5.41, 5.74) is 3.64. The molecule has 1 N–H and O–H groups in total.